The van der Waals surface area contributed by atoms with Gasteiger partial charge in [-0.05, 0) is 24.1 Å². The molecule has 0 spiro atoms. The monoisotopic (exact) mass is 194 g/mol. The van der Waals surface area contributed by atoms with Crippen LogP contribution >= 0.6 is 0 Å². The van der Waals surface area contributed by atoms with Gasteiger partial charge in [0.25, 0.3) is 0 Å². The summed E-state index contributed by atoms with van der Waals surface area (Å²) < 4.78 is 12.6. The molecule has 2 N–H and O–H groups in total. The zero-order valence-corrected chi connectivity index (χ0v) is 8.12. The van der Waals surface area contributed by atoms with Crippen LogP contribution < -0.4 is 5.73 Å². The van der Waals surface area contributed by atoms with E-state index in [0.29, 0.717) is 6.04 Å². The van der Waals surface area contributed by atoms with E-state index in [1.165, 1.54) is 18.6 Å². The molecular weight excluding hydrogens is 179 g/mol. The predicted octanol–water partition coefficient (Wildman–Crippen LogP) is 1.36. The number of halogens is 1. The maximum absolute atomic E-state index is 12.6. The van der Waals surface area contributed by atoms with E-state index >= 15 is 0 Å². The largest absolute Gasteiger partial charge is 0.329 e. The Hall–Kier alpha value is -0.930. The molecule has 0 aromatic heterocycles. The van der Waals surface area contributed by atoms with Crippen LogP contribution in [-0.4, -0.2) is 24.0 Å². The quantitative estimate of drug-likeness (QED) is 0.787. The lowest BCUT2D eigenvalue weighted by atomic mass is 10.0. The van der Waals surface area contributed by atoms with Gasteiger partial charge in [-0.25, -0.2) is 4.39 Å². The fourth-order valence-corrected chi connectivity index (χ4v) is 1.79. The second-order valence-corrected chi connectivity index (χ2v) is 3.78. The fourth-order valence-electron chi connectivity index (χ4n) is 1.79. The van der Waals surface area contributed by atoms with Crippen molar-refractivity contribution in [1.82, 2.24) is 4.90 Å². The smallest absolute Gasteiger partial charge is 0.123 e. The molecule has 76 valence electrons. The van der Waals surface area contributed by atoms with Crippen LogP contribution in [0.1, 0.15) is 12.0 Å². The first-order valence-corrected chi connectivity index (χ1v) is 4.98. The van der Waals surface area contributed by atoms with Crippen molar-refractivity contribution in [3.8, 4) is 0 Å². The number of nitrogens with zero attached hydrogens (tertiary/aromatic N) is 1. The lowest BCUT2D eigenvalue weighted by Gasteiger charge is -2.40. The zero-order valence-electron chi connectivity index (χ0n) is 8.12. The normalized spacial score (nSPS) is 22.0. The third kappa shape index (κ3) is 1.94. The van der Waals surface area contributed by atoms with Crippen molar-refractivity contribution >= 4 is 0 Å². The van der Waals surface area contributed by atoms with Crippen LogP contribution in [0.3, 0.4) is 0 Å². The zero-order chi connectivity index (χ0) is 9.97. The van der Waals surface area contributed by atoms with E-state index in [9.17, 15) is 4.39 Å². The number of hydrogen-bond donors (Lipinski definition) is 1. The summed E-state index contributed by atoms with van der Waals surface area (Å²) in [6.45, 7) is 2.72. The number of benzene rings is 1. The van der Waals surface area contributed by atoms with Crippen LogP contribution in [0.25, 0.3) is 0 Å². The number of likely N-dealkylation sites (tertiary alicyclic amines) is 1. The first-order chi connectivity index (χ1) is 6.79. The topological polar surface area (TPSA) is 29.3 Å². The molecule has 1 unspecified atom stereocenters. The molecule has 0 radical (unpaired) electrons. The Morgan fingerprint density at radius 2 is 2.07 bits per heavy atom. The first-order valence-electron chi connectivity index (χ1n) is 4.98. The molecule has 1 fully saturated rings. The standard InChI is InChI=1S/C11H15FN2/c12-10-3-1-9(2-4-10)8-14-6-5-11(14)7-13/h1-4,11H,5-8,13H2. The molecular formula is C11H15FN2. The number of rotatable bonds is 3. The number of nitrogens with two attached hydrogens (primary N) is 1. The van der Waals surface area contributed by atoms with E-state index in [-0.39, 0.29) is 5.82 Å². The van der Waals surface area contributed by atoms with Crippen molar-refractivity contribution in [2.24, 2.45) is 5.73 Å². The molecule has 0 bridgehead atoms. The van der Waals surface area contributed by atoms with Gasteiger partial charge in [0.1, 0.15) is 5.82 Å². The van der Waals surface area contributed by atoms with Gasteiger partial charge in [0.2, 0.25) is 0 Å². The highest BCUT2D eigenvalue weighted by molar-refractivity contribution is 5.16. The molecule has 1 aliphatic rings. The summed E-state index contributed by atoms with van der Waals surface area (Å²) in [5, 5.41) is 0. The summed E-state index contributed by atoms with van der Waals surface area (Å²) in [6, 6.07) is 7.21. The van der Waals surface area contributed by atoms with E-state index in [0.717, 1.165) is 25.2 Å². The van der Waals surface area contributed by atoms with Gasteiger partial charge in [-0.15, -0.1) is 0 Å². The molecule has 1 heterocycles. The average Bonchev–Trinajstić information content (AvgIpc) is 2.16. The van der Waals surface area contributed by atoms with Crippen molar-refractivity contribution in [3.63, 3.8) is 0 Å². The molecule has 1 aromatic rings. The van der Waals surface area contributed by atoms with E-state index in [1.54, 1.807) is 0 Å². The van der Waals surface area contributed by atoms with E-state index in [4.69, 9.17) is 5.73 Å². The molecule has 1 aliphatic heterocycles. The maximum atomic E-state index is 12.6. The van der Waals surface area contributed by atoms with Crippen LogP contribution in [-0.2, 0) is 6.54 Å². The van der Waals surface area contributed by atoms with Crippen LogP contribution in [0.5, 0.6) is 0 Å². The molecule has 14 heavy (non-hydrogen) atoms. The Labute approximate surface area is 83.5 Å². The summed E-state index contributed by atoms with van der Waals surface area (Å²) in [7, 11) is 0. The van der Waals surface area contributed by atoms with Crippen molar-refractivity contribution < 1.29 is 4.39 Å². The minimum absolute atomic E-state index is 0.173. The highest BCUT2D eigenvalue weighted by atomic mass is 19.1. The maximum Gasteiger partial charge on any atom is 0.123 e. The van der Waals surface area contributed by atoms with Gasteiger partial charge in [-0.2, -0.15) is 0 Å². The van der Waals surface area contributed by atoms with E-state index in [1.807, 2.05) is 12.1 Å². The Morgan fingerprint density at radius 1 is 1.36 bits per heavy atom. The summed E-state index contributed by atoms with van der Waals surface area (Å²) in [6.07, 6.45) is 1.19. The van der Waals surface area contributed by atoms with Crippen LogP contribution in [0, 0.1) is 5.82 Å². The molecule has 0 amide bonds. The third-order valence-electron chi connectivity index (χ3n) is 2.84. The minimum atomic E-state index is -0.173. The first kappa shape index (κ1) is 9.62. The molecule has 0 aliphatic carbocycles. The van der Waals surface area contributed by atoms with Gasteiger partial charge in [0.15, 0.2) is 0 Å². The summed E-state index contributed by atoms with van der Waals surface area (Å²) >= 11 is 0. The molecule has 2 rings (SSSR count). The Morgan fingerprint density at radius 3 is 2.57 bits per heavy atom. The second kappa shape index (κ2) is 4.07. The van der Waals surface area contributed by atoms with Crippen LogP contribution in [0.2, 0.25) is 0 Å². The van der Waals surface area contributed by atoms with Crippen molar-refractivity contribution in [1.29, 1.82) is 0 Å². The fraction of sp³-hybridized carbons (Fsp3) is 0.455. The average molecular weight is 194 g/mol. The van der Waals surface area contributed by atoms with Crippen molar-refractivity contribution in [3.05, 3.63) is 35.6 Å². The third-order valence-corrected chi connectivity index (χ3v) is 2.84. The van der Waals surface area contributed by atoms with Gasteiger partial charge in [-0.3, -0.25) is 4.90 Å². The van der Waals surface area contributed by atoms with Crippen molar-refractivity contribution in [2.45, 2.75) is 19.0 Å². The van der Waals surface area contributed by atoms with Gasteiger partial charge in [0, 0.05) is 25.7 Å². The lowest BCUT2D eigenvalue weighted by molar-refractivity contribution is 0.0882. The second-order valence-electron chi connectivity index (χ2n) is 3.78. The SMILES string of the molecule is NCC1CCN1Cc1ccc(F)cc1. The summed E-state index contributed by atoms with van der Waals surface area (Å²) in [4.78, 5) is 2.33. The minimum Gasteiger partial charge on any atom is -0.329 e. The van der Waals surface area contributed by atoms with Crippen LogP contribution in [0.15, 0.2) is 24.3 Å². The predicted molar refractivity (Wildman–Crippen MR) is 54.3 cm³/mol. The van der Waals surface area contributed by atoms with Gasteiger partial charge in [-0.1, -0.05) is 12.1 Å². The Kier molecular flexibility index (Phi) is 2.79. The summed E-state index contributed by atoms with van der Waals surface area (Å²) in [5.74, 6) is -0.173. The highest BCUT2D eigenvalue weighted by Crippen LogP contribution is 2.19. The van der Waals surface area contributed by atoms with E-state index < -0.39 is 0 Å². The van der Waals surface area contributed by atoms with Gasteiger partial charge < -0.3 is 5.73 Å². The van der Waals surface area contributed by atoms with Crippen LogP contribution in [0.4, 0.5) is 4.39 Å². The summed E-state index contributed by atoms with van der Waals surface area (Å²) in [5.41, 5.74) is 6.76. The Bertz CT molecular complexity index is 295. The number of hydrogen-bond acceptors (Lipinski definition) is 2. The lowest BCUT2D eigenvalue weighted by Crippen LogP contribution is -2.50. The molecule has 3 heteroatoms. The van der Waals surface area contributed by atoms with Gasteiger partial charge >= 0.3 is 0 Å². The Balaban J connectivity index is 1.94. The molecule has 1 atom stereocenters. The molecule has 0 saturated carbocycles. The van der Waals surface area contributed by atoms with Gasteiger partial charge in [0.05, 0.1) is 0 Å². The molecule has 1 saturated heterocycles. The molecule has 2 nitrogen and oxygen atoms in total. The molecule has 1 aromatic carbocycles. The van der Waals surface area contributed by atoms with E-state index in [2.05, 4.69) is 4.90 Å². The highest BCUT2D eigenvalue weighted by Gasteiger charge is 2.25. The van der Waals surface area contributed by atoms with Crippen molar-refractivity contribution in [2.75, 3.05) is 13.1 Å².